The van der Waals surface area contributed by atoms with Crippen LogP contribution in [-0.2, 0) is 4.79 Å². The van der Waals surface area contributed by atoms with Gasteiger partial charge in [-0.3, -0.25) is 9.78 Å². The van der Waals surface area contributed by atoms with Gasteiger partial charge in [-0.2, -0.15) is 0 Å². The molecule has 8 heteroatoms. The molecule has 3 aromatic heterocycles. The molecule has 1 atom stereocenters. The van der Waals surface area contributed by atoms with Crippen LogP contribution in [0.15, 0.2) is 35.9 Å². The van der Waals surface area contributed by atoms with Gasteiger partial charge in [-0.1, -0.05) is 0 Å². The first-order valence-electron chi connectivity index (χ1n) is 10.4. The molecule has 1 N–H and O–H groups in total. The molecule has 3 aromatic rings. The lowest BCUT2D eigenvalue weighted by Crippen LogP contribution is -2.38. The summed E-state index contributed by atoms with van der Waals surface area (Å²) in [5, 5.41) is 6.17. The fourth-order valence-electron chi connectivity index (χ4n) is 3.77. The van der Waals surface area contributed by atoms with Crippen molar-refractivity contribution in [2.75, 3.05) is 18.4 Å². The largest absolute Gasteiger partial charge is 0.338 e. The van der Waals surface area contributed by atoms with Crippen LogP contribution < -0.4 is 5.32 Å². The number of carbonyl (C=O) groups is 1. The fraction of sp³-hybridized carbons (Fsp3) is 0.348. The van der Waals surface area contributed by atoms with E-state index in [1.165, 1.54) is 0 Å². The summed E-state index contributed by atoms with van der Waals surface area (Å²) in [5.74, 6) is 0.836. The van der Waals surface area contributed by atoms with Gasteiger partial charge in [0, 0.05) is 47.5 Å². The summed E-state index contributed by atoms with van der Waals surface area (Å²) in [4.78, 5) is 32.4. The summed E-state index contributed by atoms with van der Waals surface area (Å²) in [6.45, 7) is 7.31. The quantitative estimate of drug-likeness (QED) is 0.599. The number of hydrogen-bond acceptors (Lipinski definition) is 7. The van der Waals surface area contributed by atoms with Crippen molar-refractivity contribution in [2.24, 2.45) is 0 Å². The Hall–Kier alpha value is -3.13. The van der Waals surface area contributed by atoms with E-state index in [0.29, 0.717) is 12.5 Å². The summed E-state index contributed by atoms with van der Waals surface area (Å²) < 4.78 is 0. The van der Waals surface area contributed by atoms with Crippen molar-refractivity contribution in [3.8, 4) is 0 Å². The van der Waals surface area contributed by atoms with Gasteiger partial charge < -0.3 is 10.2 Å². The molecule has 31 heavy (non-hydrogen) atoms. The number of likely N-dealkylation sites (tertiary alicyclic amines) is 1. The van der Waals surface area contributed by atoms with Crippen LogP contribution in [0.2, 0.25) is 0 Å². The molecule has 1 amide bonds. The number of aryl methyl sites for hydroxylation is 3. The van der Waals surface area contributed by atoms with Crippen LogP contribution in [0, 0.1) is 20.8 Å². The Labute approximate surface area is 186 Å². The Morgan fingerprint density at radius 3 is 2.68 bits per heavy atom. The fourth-order valence-corrected chi connectivity index (χ4v) is 4.35. The van der Waals surface area contributed by atoms with Gasteiger partial charge in [0.25, 0.3) is 0 Å². The number of amides is 1. The molecule has 160 valence electrons. The zero-order valence-electron chi connectivity index (χ0n) is 18.0. The van der Waals surface area contributed by atoms with E-state index in [0.717, 1.165) is 52.9 Å². The van der Waals surface area contributed by atoms with E-state index in [4.69, 9.17) is 0 Å². The summed E-state index contributed by atoms with van der Waals surface area (Å²) in [5.41, 5.74) is 4.53. The van der Waals surface area contributed by atoms with E-state index in [2.05, 4.69) is 25.3 Å². The maximum atomic E-state index is 12.6. The maximum absolute atomic E-state index is 12.6. The number of pyridine rings is 1. The lowest BCUT2D eigenvalue weighted by molar-refractivity contribution is -0.127. The molecule has 0 spiro atoms. The molecule has 0 bridgehead atoms. The molecule has 1 saturated heterocycles. The monoisotopic (exact) mass is 434 g/mol. The summed E-state index contributed by atoms with van der Waals surface area (Å²) in [7, 11) is 0. The average molecular weight is 435 g/mol. The number of hydrogen-bond donors (Lipinski definition) is 1. The van der Waals surface area contributed by atoms with Crippen LogP contribution in [0.5, 0.6) is 0 Å². The second kappa shape index (κ2) is 9.34. The Morgan fingerprint density at radius 1 is 1.19 bits per heavy atom. The average Bonchev–Trinajstić information content (AvgIpc) is 3.17. The van der Waals surface area contributed by atoms with Crippen LogP contribution in [0.25, 0.3) is 6.08 Å². The van der Waals surface area contributed by atoms with Crippen molar-refractivity contribution >= 4 is 35.0 Å². The van der Waals surface area contributed by atoms with Crippen molar-refractivity contribution in [3.05, 3.63) is 63.6 Å². The molecule has 4 rings (SSSR count). The van der Waals surface area contributed by atoms with E-state index in [-0.39, 0.29) is 11.8 Å². The molecule has 0 saturated carbocycles. The number of piperidine rings is 1. The summed E-state index contributed by atoms with van der Waals surface area (Å²) in [6, 6.07) is 5.96. The van der Waals surface area contributed by atoms with Gasteiger partial charge in [0.2, 0.25) is 11.9 Å². The smallest absolute Gasteiger partial charge is 0.246 e. The standard InChI is InChI=1S/C23H26N6OS/c1-15-11-16(2)26-23(25-15)28-19-6-8-21(24-12-19)18-5-4-10-29(13-18)22(30)9-7-20-14-31-17(3)27-20/h6-9,11-12,14,18H,4-5,10,13H2,1-3H3,(H,25,26,28)/b9-7+/t18-/m0/s1. The minimum Gasteiger partial charge on any atom is -0.338 e. The third-order valence-electron chi connectivity index (χ3n) is 5.21. The SMILES string of the molecule is Cc1cc(C)nc(Nc2ccc([C@H]3CCCN(C(=O)/C=C/c4csc(C)n4)C3)nc2)n1. The van der Waals surface area contributed by atoms with Crippen molar-refractivity contribution in [1.29, 1.82) is 0 Å². The topological polar surface area (TPSA) is 83.9 Å². The number of carbonyl (C=O) groups excluding carboxylic acids is 1. The van der Waals surface area contributed by atoms with Gasteiger partial charge in [0.05, 0.1) is 22.6 Å². The predicted octanol–water partition coefficient (Wildman–Crippen LogP) is 4.42. The second-order valence-electron chi connectivity index (χ2n) is 7.82. The lowest BCUT2D eigenvalue weighted by atomic mass is 9.94. The van der Waals surface area contributed by atoms with Gasteiger partial charge in [-0.25, -0.2) is 15.0 Å². The van der Waals surface area contributed by atoms with Crippen LogP contribution in [0.4, 0.5) is 11.6 Å². The number of aromatic nitrogens is 4. The third-order valence-corrected chi connectivity index (χ3v) is 6.00. The minimum atomic E-state index is 0.0283. The van der Waals surface area contributed by atoms with Gasteiger partial charge >= 0.3 is 0 Å². The number of nitrogens with one attached hydrogen (secondary N) is 1. The lowest BCUT2D eigenvalue weighted by Gasteiger charge is -2.31. The Morgan fingerprint density at radius 2 is 2.00 bits per heavy atom. The Balaban J connectivity index is 1.38. The van der Waals surface area contributed by atoms with Crippen molar-refractivity contribution in [3.63, 3.8) is 0 Å². The zero-order chi connectivity index (χ0) is 21.8. The van der Waals surface area contributed by atoms with Crippen molar-refractivity contribution < 1.29 is 4.79 Å². The van der Waals surface area contributed by atoms with Crippen LogP contribution in [0.3, 0.4) is 0 Å². The van der Waals surface area contributed by atoms with Gasteiger partial charge in [0.1, 0.15) is 0 Å². The van der Waals surface area contributed by atoms with Crippen molar-refractivity contribution in [1.82, 2.24) is 24.8 Å². The highest BCUT2D eigenvalue weighted by Crippen LogP contribution is 2.27. The van der Waals surface area contributed by atoms with Gasteiger partial charge in [0.15, 0.2) is 0 Å². The van der Waals surface area contributed by atoms with E-state index < -0.39 is 0 Å². The Bertz CT molecular complexity index is 1070. The molecule has 1 fully saturated rings. The van der Waals surface area contributed by atoms with E-state index in [9.17, 15) is 4.79 Å². The second-order valence-corrected chi connectivity index (χ2v) is 8.88. The number of anilines is 2. The number of nitrogens with zero attached hydrogens (tertiary/aromatic N) is 5. The molecule has 0 radical (unpaired) electrons. The van der Waals surface area contributed by atoms with Crippen molar-refractivity contribution in [2.45, 2.75) is 39.5 Å². The number of rotatable bonds is 5. The molecule has 7 nitrogen and oxygen atoms in total. The van der Waals surface area contributed by atoms with Gasteiger partial charge in [-0.15, -0.1) is 11.3 Å². The van der Waals surface area contributed by atoms with Crippen LogP contribution >= 0.6 is 11.3 Å². The molecule has 1 aliphatic rings. The summed E-state index contributed by atoms with van der Waals surface area (Å²) >= 11 is 1.58. The predicted molar refractivity (Wildman–Crippen MR) is 123 cm³/mol. The zero-order valence-corrected chi connectivity index (χ0v) is 18.8. The highest BCUT2D eigenvalue weighted by molar-refractivity contribution is 7.09. The number of thiazole rings is 1. The highest BCUT2D eigenvalue weighted by Gasteiger charge is 2.24. The Kier molecular flexibility index (Phi) is 6.36. The van der Waals surface area contributed by atoms with Crippen LogP contribution in [-0.4, -0.2) is 43.8 Å². The highest BCUT2D eigenvalue weighted by atomic mass is 32.1. The van der Waals surface area contributed by atoms with E-state index in [1.54, 1.807) is 23.5 Å². The first-order chi connectivity index (χ1) is 15.0. The molecular weight excluding hydrogens is 408 g/mol. The van der Waals surface area contributed by atoms with E-state index >= 15 is 0 Å². The molecule has 0 unspecified atom stereocenters. The normalized spacial score (nSPS) is 16.6. The van der Waals surface area contributed by atoms with Crippen LogP contribution in [0.1, 0.15) is 46.5 Å². The van der Waals surface area contributed by atoms with Gasteiger partial charge in [-0.05, 0) is 57.9 Å². The molecule has 4 heterocycles. The summed E-state index contributed by atoms with van der Waals surface area (Å²) in [6.07, 6.45) is 7.23. The molecule has 0 aliphatic carbocycles. The first-order valence-corrected chi connectivity index (χ1v) is 11.3. The maximum Gasteiger partial charge on any atom is 0.246 e. The third kappa shape index (κ3) is 5.52. The minimum absolute atomic E-state index is 0.0283. The first kappa shape index (κ1) is 21.1. The molecule has 1 aliphatic heterocycles. The molecule has 0 aromatic carbocycles. The van der Waals surface area contributed by atoms with E-state index in [1.807, 2.05) is 55.4 Å². The molecular formula is C23H26N6OS.